The summed E-state index contributed by atoms with van der Waals surface area (Å²) in [7, 11) is 1.64. The van der Waals surface area contributed by atoms with Crippen molar-refractivity contribution >= 4 is 5.69 Å². The van der Waals surface area contributed by atoms with Gasteiger partial charge in [-0.1, -0.05) is 18.2 Å². The molecule has 1 heterocycles. The third-order valence-electron chi connectivity index (χ3n) is 4.79. The van der Waals surface area contributed by atoms with E-state index in [2.05, 4.69) is 9.80 Å². The van der Waals surface area contributed by atoms with Gasteiger partial charge in [0.25, 0.3) is 0 Å². The van der Waals surface area contributed by atoms with Crippen LogP contribution in [0.4, 0.5) is 10.1 Å². The third-order valence-corrected chi connectivity index (χ3v) is 4.79. The van der Waals surface area contributed by atoms with Gasteiger partial charge in [0, 0.05) is 44.0 Å². The number of benzene rings is 2. The molecule has 2 aromatic rings. The number of β-amino-alcohol motifs (C(OH)–C–C–N with tert-alkyl or cyclic N) is 1. The molecule has 0 bridgehead atoms. The Balaban J connectivity index is 1.38. The van der Waals surface area contributed by atoms with Crippen LogP contribution in [0.1, 0.15) is 5.56 Å². The summed E-state index contributed by atoms with van der Waals surface area (Å²) >= 11 is 0. The molecule has 0 aromatic heterocycles. The first-order valence-corrected chi connectivity index (χ1v) is 9.26. The zero-order valence-electron chi connectivity index (χ0n) is 15.7. The molecule has 1 saturated heterocycles. The minimum Gasteiger partial charge on any atom is -0.496 e. The van der Waals surface area contributed by atoms with Crippen LogP contribution in [0.2, 0.25) is 0 Å². The number of piperazine rings is 1. The zero-order chi connectivity index (χ0) is 19.1. The topological polar surface area (TPSA) is 45.2 Å². The summed E-state index contributed by atoms with van der Waals surface area (Å²) in [4.78, 5) is 4.47. The van der Waals surface area contributed by atoms with Gasteiger partial charge < -0.3 is 19.5 Å². The fourth-order valence-corrected chi connectivity index (χ4v) is 3.32. The molecule has 0 amide bonds. The predicted molar refractivity (Wildman–Crippen MR) is 104 cm³/mol. The molecule has 1 aliphatic rings. The fourth-order valence-electron chi connectivity index (χ4n) is 3.32. The second-order valence-corrected chi connectivity index (χ2v) is 6.74. The lowest BCUT2D eigenvalue weighted by molar-refractivity contribution is 0.00866. The van der Waals surface area contributed by atoms with Gasteiger partial charge in [-0.2, -0.15) is 0 Å². The van der Waals surface area contributed by atoms with E-state index >= 15 is 0 Å². The van der Waals surface area contributed by atoms with Gasteiger partial charge in [-0.3, -0.25) is 4.90 Å². The first kappa shape index (κ1) is 19.6. The smallest absolute Gasteiger partial charge is 0.124 e. The second-order valence-electron chi connectivity index (χ2n) is 6.74. The van der Waals surface area contributed by atoms with Gasteiger partial charge >= 0.3 is 0 Å². The molecule has 0 spiro atoms. The predicted octanol–water partition coefficient (Wildman–Crippen LogP) is 2.53. The van der Waals surface area contributed by atoms with Gasteiger partial charge in [0.05, 0.1) is 26.4 Å². The van der Waals surface area contributed by atoms with Crippen LogP contribution in [0.15, 0.2) is 48.5 Å². The third kappa shape index (κ3) is 5.66. The SMILES string of the molecule is COc1ccccc1COCC(O)CN1CCN(c2ccc(F)cc2)CC1. The Morgan fingerprint density at radius 3 is 2.44 bits per heavy atom. The summed E-state index contributed by atoms with van der Waals surface area (Å²) in [5, 5.41) is 10.3. The van der Waals surface area contributed by atoms with Crippen molar-refractivity contribution < 1.29 is 19.0 Å². The van der Waals surface area contributed by atoms with Crippen LogP contribution in [0, 0.1) is 5.82 Å². The lowest BCUT2D eigenvalue weighted by Gasteiger charge is -2.36. The number of aliphatic hydroxyl groups is 1. The summed E-state index contributed by atoms with van der Waals surface area (Å²) in [6.45, 7) is 4.74. The molecule has 146 valence electrons. The first-order chi connectivity index (χ1) is 13.2. The molecule has 0 aliphatic carbocycles. The molecule has 1 atom stereocenters. The molecule has 1 N–H and O–H groups in total. The average molecular weight is 374 g/mol. The van der Waals surface area contributed by atoms with E-state index in [0.717, 1.165) is 43.2 Å². The van der Waals surface area contributed by atoms with E-state index in [1.165, 1.54) is 12.1 Å². The van der Waals surface area contributed by atoms with Gasteiger partial charge in [-0.25, -0.2) is 4.39 Å². The molecule has 27 heavy (non-hydrogen) atoms. The molecule has 3 rings (SSSR count). The highest BCUT2D eigenvalue weighted by molar-refractivity contribution is 5.46. The van der Waals surface area contributed by atoms with E-state index in [9.17, 15) is 9.50 Å². The van der Waals surface area contributed by atoms with Crippen molar-refractivity contribution in [3.63, 3.8) is 0 Å². The number of methoxy groups -OCH3 is 1. The molecule has 0 radical (unpaired) electrons. The van der Waals surface area contributed by atoms with Crippen LogP contribution >= 0.6 is 0 Å². The Morgan fingerprint density at radius 2 is 1.74 bits per heavy atom. The summed E-state index contributed by atoms with van der Waals surface area (Å²) < 4.78 is 24.0. The number of nitrogens with zero attached hydrogens (tertiary/aromatic N) is 2. The molecule has 2 aromatic carbocycles. The van der Waals surface area contributed by atoms with E-state index in [-0.39, 0.29) is 12.4 Å². The van der Waals surface area contributed by atoms with Crippen LogP contribution in [0.25, 0.3) is 0 Å². The Morgan fingerprint density at radius 1 is 1.04 bits per heavy atom. The van der Waals surface area contributed by atoms with E-state index < -0.39 is 6.10 Å². The quantitative estimate of drug-likeness (QED) is 0.769. The fraction of sp³-hybridized carbons (Fsp3) is 0.429. The molecule has 1 fully saturated rings. The Hall–Kier alpha value is -2.15. The molecule has 5 nitrogen and oxygen atoms in total. The van der Waals surface area contributed by atoms with Crippen LogP contribution in [0.5, 0.6) is 5.75 Å². The van der Waals surface area contributed by atoms with Crippen molar-refractivity contribution in [1.29, 1.82) is 0 Å². The summed E-state index contributed by atoms with van der Waals surface area (Å²) in [5.41, 5.74) is 2.01. The van der Waals surface area contributed by atoms with Crippen molar-refractivity contribution in [3.8, 4) is 5.75 Å². The summed E-state index contributed by atoms with van der Waals surface area (Å²) in [6, 6.07) is 14.3. The number of anilines is 1. The molecule has 1 aliphatic heterocycles. The van der Waals surface area contributed by atoms with Crippen molar-refractivity contribution in [2.24, 2.45) is 0 Å². The van der Waals surface area contributed by atoms with Crippen LogP contribution < -0.4 is 9.64 Å². The summed E-state index contributed by atoms with van der Waals surface area (Å²) in [5.74, 6) is 0.581. The van der Waals surface area contributed by atoms with E-state index in [4.69, 9.17) is 9.47 Å². The monoisotopic (exact) mass is 374 g/mol. The number of hydrogen-bond donors (Lipinski definition) is 1. The molecule has 0 saturated carbocycles. The lowest BCUT2D eigenvalue weighted by Crippen LogP contribution is -2.49. The zero-order valence-corrected chi connectivity index (χ0v) is 15.7. The Bertz CT molecular complexity index is 703. The Kier molecular flexibility index (Phi) is 7.04. The minimum atomic E-state index is -0.530. The number of para-hydroxylation sites is 1. The Labute approximate surface area is 159 Å². The van der Waals surface area contributed by atoms with E-state index in [1.54, 1.807) is 7.11 Å². The highest BCUT2D eigenvalue weighted by atomic mass is 19.1. The van der Waals surface area contributed by atoms with Gasteiger partial charge in [-0.05, 0) is 30.3 Å². The number of rotatable bonds is 8. The molecule has 6 heteroatoms. The van der Waals surface area contributed by atoms with Crippen LogP contribution in [-0.2, 0) is 11.3 Å². The maximum absolute atomic E-state index is 13.0. The molecular formula is C21H27FN2O3. The highest BCUT2D eigenvalue weighted by Crippen LogP contribution is 2.19. The largest absolute Gasteiger partial charge is 0.496 e. The van der Waals surface area contributed by atoms with Gasteiger partial charge in [0.1, 0.15) is 11.6 Å². The van der Waals surface area contributed by atoms with E-state index in [0.29, 0.717) is 13.2 Å². The lowest BCUT2D eigenvalue weighted by atomic mass is 10.2. The van der Waals surface area contributed by atoms with Crippen molar-refractivity contribution in [2.45, 2.75) is 12.7 Å². The maximum atomic E-state index is 13.0. The van der Waals surface area contributed by atoms with Crippen LogP contribution in [-0.4, -0.2) is 62.6 Å². The first-order valence-electron chi connectivity index (χ1n) is 9.26. The summed E-state index contributed by atoms with van der Waals surface area (Å²) in [6.07, 6.45) is -0.530. The number of halogens is 1. The van der Waals surface area contributed by atoms with Crippen molar-refractivity contribution in [2.75, 3.05) is 51.3 Å². The van der Waals surface area contributed by atoms with Gasteiger partial charge in [0.15, 0.2) is 0 Å². The molecule has 1 unspecified atom stereocenters. The second kappa shape index (κ2) is 9.69. The number of aliphatic hydroxyl groups excluding tert-OH is 1. The van der Waals surface area contributed by atoms with E-state index in [1.807, 2.05) is 36.4 Å². The number of ether oxygens (including phenoxy) is 2. The van der Waals surface area contributed by atoms with Crippen LogP contribution in [0.3, 0.4) is 0 Å². The maximum Gasteiger partial charge on any atom is 0.124 e. The van der Waals surface area contributed by atoms with Gasteiger partial charge in [-0.15, -0.1) is 0 Å². The van der Waals surface area contributed by atoms with Crippen molar-refractivity contribution in [1.82, 2.24) is 4.90 Å². The average Bonchev–Trinajstić information content (AvgIpc) is 2.69. The minimum absolute atomic E-state index is 0.214. The highest BCUT2D eigenvalue weighted by Gasteiger charge is 2.19. The van der Waals surface area contributed by atoms with Gasteiger partial charge in [0.2, 0.25) is 0 Å². The van der Waals surface area contributed by atoms with Crippen molar-refractivity contribution in [3.05, 3.63) is 59.9 Å². The standard InChI is InChI=1S/C21H27FN2O3/c1-26-21-5-3-2-4-17(21)15-27-16-20(25)14-23-10-12-24(13-11-23)19-8-6-18(22)7-9-19/h2-9,20,25H,10-16H2,1H3. The number of hydrogen-bond acceptors (Lipinski definition) is 5. The molecular weight excluding hydrogens is 347 g/mol. The normalized spacial score (nSPS) is 16.3.